The maximum atomic E-state index is 13.1. The van der Waals surface area contributed by atoms with E-state index in [1.165, 1.54) is 11.1 Å². The number of carbonyl (C=O) groups is 2. The summed E-state index contributed by atoms with van der Waals surface area (Å²) in [4.78, 5) is 30.2. The predicted molar refractivity (Wildman–Crippen MR) is 125 cm³/mol. The van der Waals surface area contributed by atoms with E-state index in [0.717, 1.165) is 53.5 Å². The number of halogens is 1. The Kier molecular flexibility index (Phi) is 5.90. The lowest BCUT2D eigenvalue weighted by Crippen LogP contribution is -2.47. The topological polar surface area (TPSA) is 45.6 Å². The van der Waals surface area contributed by atoms with Crippen LogP contribution in [0.3, 0.4) is 0 Å². The average Bonchev–Trinajstić information content (AvgIpc) is 3.02. The second-order valence-corrected chi connectivity index (χ2v) is 9.10. The Balaban J connectivity index is 1.86. The summed E-state index contributed by atoms with van der Waals surface area (Å²) in [6.07, 6.45) is 4.39. The van der Waals surface area contributed by atoms with Crippen molar-refractivity contribution in [3.63, 3.8) is 0 Å². The van der Waals surface area contributed by atoms with Gasteiger partial charge in [-0.2, -0.15) is 0 Å². The van der Waals surface area contributed by atoms with E-state index in [1.54, 1.807) is 0 Å². The highest BCUT2D eigenvalue weighted by atomic mass is 79.9. The molecule has 1 aliphatic carbocycles. The molecule has 0 spiro atoms. The molecule has 2 aliphatic rings. The highest BCUT2D eigenvalue weighted by Gasteiger charge is 2.38. The summed E-state index contributed by atoms with van der Waals surface area (Å²) in [5.74, 6) is 0.192. The highest BCUT2D eigenvalue weighted by Crippen LogP contribution is 2.45. The van der Waals surface area contributed by atoms with E-state index in [-0.39, 0.29) is 23.8 Å². The van der Waals surface area contributed by atoms with Crippen LogP contribution in [0.2, 0.25) is 0 Å². The lowest BCUT2D eigenvalue weighted by Gasteiger charge is -2.40. The summed E-state index contributed by atoms with van der Waals surface area (Å²) >= 11 is 3.75. The van der Waals surface area contributed by atoms with Gasteiger partial charge in [-0.3, -0.25) is 19.1 Å². The molecule has 4 rings (SSSR count). The number of hydrogen-bond donors (Lipinski definition) is 0. The van der Waals surface area contributed by atoms with Gasteiger partial charge in [0.1, 0.15) is 0 Å². The first-order chi connectivity index (χ1) is 14.4. The molecule has 1 aliphatic heterocycles. The summed E-state index contributed by atoms with van der Waals surface area (Å²) in [7, 11) is 2.11. The number of rotatable bonds is 5. The van der Waals surface area contributed by atoms with Gasteiger partial charge in [-0.1, -0.05) is 25.1 Å². The van der Waals surface area contributed by atoms with E-state index in [0.29, 0.717) is 6.42 Å². The summed E-state index contributed by atoms with van der Waals surface area (Å²) in [5, 5.41) is 1.15. The van der Waals surface area contributed by atoms with E-state index in [1.807, 2.05) is 42.4 Å². The molecule has 5 nitrogen and oxygen atoms in total. The number of carbonyl (C=O) groups excluding carboxylic acids is 2. The van der Waals surface area contributed by atoms with Crippen LogP contribution in [0.5, 0.6) is 0 Å². The van der Waals surface area contributed by atoms with Gasteiger partial charge < -0.3 is 4.90 Å². The molecule has 0 unspecified atom stereocenters. The number of likely N-dealkylation sites (N-methyl/N-ethyl adjacent to an activating group) is 1. The van der Waals surface area contributed by atoms with E-state index >= 15 is 0 Å². The minimum atomic E-state index is -0.134. The van der Waals surface area contributed by atoms with Gasteiger partial charge >= 0.3 is 0 Å². The van der Waals surface area contributed by atoms with Crippen molar-refractivity contribution in [1.82, 2.24) is 14.4 Å². The van der Waals surface area contributed by atoms with Crippen LogP contribution < -0.4 is 0 Å². The van der Waals surface area contributed by atoms with Crippen LogP contribution in [0.4, 0.5) is 0 Å². The molecule has 1 aromatic carbocycles. The van der Waals surface area contributed by atoms with Gasteiger partial charge in [0.15, 0.2) is 0 Å². The molecule has 0 bridgehead atoms. The van der Waals surface area contributed by atoms with E-state index < -0.39 is 0 Å². The molecule has 30 heavy (non-hydrogen) atoms. The number of nitrogens with zero attached hydrogens (tertiary/aromatic N) is 3. The van der Waals surface area contributed by atoms with Crippen molar-refractivity contribution < 1.29 is 9.59 Å². The van der Waals surface area contributed by atoms with Crippen molar-refractivity contribution in [2.45, 2.75) is 46.1 Å². The SMILES string of the molecule is CCCC(=O)n1c(Br)c2c3c(cccc31)C1=C[C@@H](C(=O)N(CC)CC)CN(C)[C@@H]1C2. The van der Waals surface area contributed by atoms with Crippen LogP contribution in [-0.2, 0) is 11.2 Å². The molecular formula is C24H30BrN3O2. The van der Waals surface area contributed by atoms with Crippen LogP contribution in [-0.4, -0.2) is 58.9 Å². The number of fused-ring (bicyclic) bond motifs is 2. The summed E-state index contributed by atoms with van der Waals surface area (Å²) in [6, 6.07) is 6.43. The van der Waals surface area contributed by atoms with Crippen molar-refractivity contribution in [2.75, 3.05) is 26.7 Å². The first-order valence-corrected chi connectivity index (χ1v) is 11.8. The van der Waals surface area contributed by atoms with Gasteiger partial charge in [-0.05, 0) is 72.4 Å². The standard InChI is InChI=1S/C24H30BrN3O2/c1-5-9-21(29)28-19-11-8-10-16-17-12-15(24(30)27(6-2)7-3)14-26(4)20(17)13-18(22(16)19)23(28)25/h8,10-12,15,20H,5-7,9,13-14H2,1-4H3/t15-,20-/m1/s1. The largest absolute Gasteiger partial charge is 0.343 e. The zero-order chi connectivity index (χ0) is 21.6. The van der Waals surface area contributed by atoms with Gasteiger partial charge in [0.25, 0.3) is 0 Å². The first kappa shape index (κ1) is 21.3. The van der Waals surface area contributed by atoms with Gasteiger partial charge in [-0.15, -0.1) is 0 Å². The Bertz CT molecular complexity index is 1030. The molecule has 0 radical (unpaired) electrons. The zero-order valence-electron chi connectivity index (χ0n) is 18.2. The highest BCUT2D eigenvalue weighted by molar-refractivity contribution is 9.10. The van der Waals surface area contributed by atoms with E-state index in [9.17, 15) is 9.59 Å². The second kappa shape index (κ2) is 8.31. The van der Waals surface area contributed by atoms with Crippen molar-refractivity contribution >= 4 is 44.2 Å². The van der Waals surface area contributed by atoms with Crippen molar-refractivity contribution in [3.8, 4) is 0 Å². The number of benzene rings is 1. The van der Waals surface area contributed by atoms with Crippen LogP contribution in [0.15, 0.2) is 28.9 Å². The third kappa shape index (κ3) is 3.25. The maximum Gasteiger partial charge on any atom is 0.231 e. The third-order valence-corrected chi connectivity index (χ3v) is 7.43. The average molecular weight is 472 g/mol. The Morgan fingerprint density at radius 1 is 1.20 bits per heavy atom. The minimum Gasteiger partial charge on any atom is -0.343 e. The van der Waals surface area contributed by atoms with Crippen LogP contribution in [0.1, 0.15) is 49.5 Å². The van der Waals surface area contributed by atoms with Crippen LogP contribution in [0.25, 0.3) is 16.5 Å². The van der Waals surface area contributed by atoms with Crippen LogP contribution >= 0.6 is 15.9 Å². The quantitative estimate of drug-likeness (QED) is 0.640. The van der Waals surface area contributed by atoms with Crippen LogP contribution in [0, 0.1) is 5.92 Å². The smallest absolute Gasteiger partial charge is 0.231 e. The Morgan fingerprint density at radius 2 is 1.93 bits per heavy atom. The first-order valence-electron chi connectivity index (χ1n) is 11.0. The molecule has 0 saturated carbocycles. The van der Waals surface area contributed by atoms with E-state index in [4.69, 9.17) is 0 Å². The lowest BCUT2D eigenvalue weighted by atomic mass is 9.79. The molecule has 6 heteroatoms. The molecule has 160 valence electrons. The Labute approximate surface area is 186 Å². The normalized spacial score (nSPS) is 20.8. The predicted octanol–water partition coefficient (Wildman–Crippen LogP) is 4.58. The fraction of sp³-hybridized carbons (Fsp3) is 0.500. The lowest BCUT2D eigenvalue weighted by molar-refractivity contribution is -0.134. The number of hydrogen-bond acceptors (Lipinski definition) is 3. The van der Waals surface area contributed by atoms with Gasteiger partial charge in [0, 0.05) is 37.5 Å². The van der Waals surface area contributed by atoms with Crippen molar-refractivity contribution in [1.29, 1.82) is 0 Å². The molecular weight excluding hydrogens is 442 g/mol. The van der Waals surface area contributed by atoms with Gasteiger partial charge in [0.05, 0.1) is 16.0 Å². The van der Waals surface area contributed by atoms with Gasteiger partial charge in [-0.25, -0.2) is 0 Å². The molecule has 1 amide bonds. The zero-order valence-corrected chi connectivity index (χ0v) is 19.8. The minimum absolute atomic E-state index is 0.125. The molecule has 2 aromatic rings. The molecule has 2 atom stereocenters. The Hall–Kier alpha value is -1.92. The Morgan fingerprint density at radius 3 is 2.60 bits per heavy atom. The summed E-state index contributed by atoms with van der Waals surface area (Å²) in [6.45, 7) is 8.29. The van der Waals surface area contributed by atoms with E-state index in [2.05, 4.69) is 40.0 Å². The monoisotopic (exact) mass is 471 g/mol. The third-order valence-electron chi connectivity index (χ3n) is 6.60. The molecule has 0 fully saturated rings. The van der Waals surface area contributed by atoms with Crippen molar-refractivity contribution in [2.24, 2.45) is 5.92 Å². The fourth-order valence-corrected chi connectivity index (χ4v) is 5.84. The fourth-order valence-electron chi connectivity index (χ4n) is 5.09. The van der Waals surface area contributed by atoms with Crippen molar-refractivity contribution in [3.05, 3.63) is 40.0 Å². The molecule has 0 saturated heterocycles. The maximum absolute atomic E-state index is 13.1. The summed E-state index contributed by atoms with van der Waals surface area (Å²) in [5.41, 5.74) is 4.55. The molecule has 1 aromatic heterocycles. The summed E-state index contributed by atoms with van der Waals surface area (Å²) < 4.78 is 2.73. The van der Waals surface area contributed by atoms with Gasteiger partial charge in [0.2, 0.25) is 11.8 Å². The molecule has 0 N–H and O–H groups in total. The number of amides is 1. The second-order valence-electron chi connectivity index (χ2n) is 8.35. The molecule has 2 heterocycles. The number of aromatic nitrogens is 1.